The van der Waals surface area contributed by atoms with Gasteiger partial charge in [-0.1, -0.05) is 12.1 Å². The lowest BCUT2D eigenvalue weighted by atomic mass is 10.2. The second-order valence-electron chi connectivity index (χ2n) is 4.85. The quantitative estimate of drug-likeness (QED) is 0.400. The Balaban J connectivity index is 1.90. The number of para-hydroxylation sites is 2. The van der Waals surface area contributed by atoms with Crippen molar-refractivity contribution >= 4 is 23.5 Å². The molecular formula is C16H16N4O5. The van der Waals surface area contributed by atoms with Gasteiger partial charge in [0, 0.05) is 11.6 Å². The minimum absolute atomic E-state index is 0.0343. The number of carbonyl (C=O) groups excluding carboxylic acids is 1. The standard InChI is InChI=1S/C16H16N4O5/c1-25-15-5-3-2-4-12(15)17-10-16(22)19-18-9-11-6-7-14(21)13(8-11)20(23)24/h2-9,17,21H,10H2,1H3,(H,19,22)/b18-9+. The van der Waals surface area contributed by atoms with Gasteiger partial charge in [0.25, 0.3) is 5.91 Å². The van der Waals surface area contributed by atoms with Crippen LogP contribution in [-0.2, 0) is 4.79 Å². The lowest BCUT2D eigenvalue weighted by Crippen LogP contribution is -2.26. The molecule has 25 heavy (non-hydrogen) atoms. The largest absolute Gasteiger partial charge is 0.502 e. The van der Waals surface area contributed by atoms with Gasteiger partial charge in [-0.15, -0.1) is 0 Å². The van der Waals surface area contributed by atoms with Gasteiger partial charge in [-0.2, -0.15) is 5.10 Å². The van der Waals surface area contributed by atoms with E-state index in [0.717, 1.165) is 6.07 Å². The summed E-state index contributed by atoms with van der Waals surface area (Å²) in [6, 6.07) is 10.9. The first-order valence-corrected chi connectivity index (χ1v) is 7.17. The van der Waals surface area contributed by atoms with Crippen LogP contribution in [0.4, 0.5) is 11.4 Å². The van der Waals surface area contributed by atoms with Crippen LogP contribution in [0, 0.1) is 10.1 Å². The summed E-state index contributed by atoms with van der Waals surface area (Å²) < 4.78 is 5.16. The summed E-state index contributed by atoms with van der Waals surface area (Å²) in [5.74, 6) is -0.238. The molecule has 1 amide bonds. The number of aromatic hydroxyl groups is 1. The van der Waals surface area contributed by atoms with Crippen LogP contribution in [0.5, 0.6) is 11.5 Å². The molecule has 0 saturated carbocycles. The molecule has 0 fully saturated rings. The molecule has 0 unspecified atom stereocenters. The molecule has 2 aromatic rings. The van der Waals surface area contributed by atoms with Crippen molar-refractivity contribution in [2.75, 3.05) is 19.0 Å². The molecule has 0 atom stereocenters. The highest BCUT2D eigenvalue weighted by atomic mass is 16.6. The molecule has 130 valence electrons. The number of phenols is 1. The maximum absolute atomic E-state index is 11.8. The van der Waals surface area contributed by atoms with Crippen molar-refractivity contribution in [3.63, 3.8) is 0 Å². The van der Waals surface area contributed by atoms with Gasteiger partial charge in [0.15, 0.2) is 5.75 Å². The van der Waals surface area contributed by atoms with E-state index in [1.54, 1.807) is 18.2 Å². The van der Waals surface area contributed by atoms with E-state index in [1.807, 2.05) is 6.07 Å². The van der Waals surface area contributed by atoms with Crippen LogP contribution < -0.4 is 15.5 Å². The Morgan fingerprint density at radius 1 is 1.36 bits per heavy atom. The highest BCUT2D eigenvalue weighted by molar-refractivity contribution is 5.85. The van der Waals surface area contributed by atoms with Crippen molar-refractivity contribution in [1.29, 1.82) is 0 Å². The van der Waals surface area contributed by atoms with Crippen molar-refractivity contribution in [2.45, 2.75) is 0 Å². The monoisotopic (exact) mass is 344 g/mol. The average molecular weight is 344 g/mol. The van der Waals surface area contributed by atoms with E-state index in [2.05, 4.69) is 15.8 Å². The Morgan fingerprint density at radius 3 is 2.84 bits per heavy atom. The van der Waals surface area contributed by atoms with Crippen LogP contribution in [0.1, 0.15) is 5.56 Å². The number of anilines is 1. The smallest absolute Gasteiger partial charge is 0.311 e. The van der Waals surface area contributed by atoms with Crippen LogP contribution >= 0.6 is 0 Å². The number of nitrogens with zero attached hydrogens (tertiary/aromatic N) is 2. The molecule has 9 nitrogen and oxygen atoms in total. The minimum Gasteiger partial charge on any atom is -0.502 e. The maximum Gasteiger partial charge on any atom is 0.311 e. The third-order valence-corrected chi connectivity index (χ3v) is 3.15. The van der Waals surface area contributed by atoms with Crippen molar-refractivity contribution < 1.29 is 19.6 Å². The number of ether oxygens (including phenoxy) is 1. The molecule has 0 aliphatic heterocycles. The number of rotatable bonds is 7. The highest BCUT2D eigenvalue weighted by Crippen LogP contribution is 2.25. The predicted octanol–water partition coefficient (Wildman–Crippen LogP) is 1.87. The summed E-state index contributed by atoms with van der Waals surface area (Å²) in [5, 5.41) is 26.7. The van der Waals surface area contributed by atoms with E-state index in [0.29, 0.717) is 17.0 Å². The van der Waals surface area contributed by atoms with E-state index in [4.69, 9.17) is 4.74 Å². The zero-order valence-corrected chi connectivity index (χ0v) is 13.3. The normalized spacial score (nSPS) is 10.4. The van der Waals surface area contributed by atoms with E-state index in [9.17, 15) is 20.0 Å². The number of hydrogen-bond acceptors (Lipinski definition) is 7. The predicted molar refractivity (Wildman–Crippen MR) is 92.0 cm³/mol. The number of hydrogen-bond donors (Lipinski definition) is 3. The summed E-state index contributed by atoms with van der Waals surface area (Å²) >= 11 is 0. The number of nitro groups is 1. The van der Waals surface area contributed by atoms with Gasteiger partial charge >= 0.3 is 5.69 Å². The topological polar surface area (TPSA) is 126 Å². The number of benzene rings is 2. The zero-order chi connectivity index (χ0) is 18.2. The number of hydrazone groups is 1. The van der Waals surface area contributed by atoms with Crippen LogP contribution in [0.15, 0.2) is 47.6 Å². The minimum atomic E-state index is -0.706. The van der Waals surface area contributed by atoms with Crippen molar-refractivity contribution in [2.24, 2.45) is 5.10 Å². The highest BCUT2D eigenvalue weighted by Gasteiger charge is 2.12. The molecule has 0 radical (unpaired) electrons. The molecule has 0 bridgehead atoms. The lowest BCUT2D eigenvalue weighted by molar-refractivity contribution is -0.385. The summed E-state index contributed by atoms with van der Waals surface area (Å²) in [7, 11) is 1.53. The summed E-state index contributed by atoms with van der Waals surface area (Å²) in [6.07, 6.45) is 1.24. The maximum atomic E-state index is 11.8. The summed E-state index contributed by atoms with van der Waals surface area (Å²) in [5.41, 5.74) is 2.89. The number of carbonyl (C=O) groups is 1. The van der Waals surface area contributed by atoms with Gasteiger partial charge in [0.1, 0.15) is 5.75 Å². The molecule has 3 N–H and O–H groups in total. The van der Waals surface area contributed by atoms with Crippen LogP contribution in [-0.4, -0.2) is 35.8 Å². The Bertz CT molecular complexity index is 807. The molecular weight excluding hydrogens is 328 g/mol. The molecule has 2 rings (SSSR count). The Kier molecular flexibility index (Phi) is 5.88. The van der Waals surface area contributed by atoms with E-state index in [1.165, 1.54) is 25.5 Å². The van der Waals surface area contributed by atoms with Crippen LogP contribution in [0.25, 0.3) is 0 Å². The van der Waals surface area contributed by atoms with Gasteiger partial charge in [0.2, 0.25) is 0 Å². The van der Waals surface area contributed by atoms with Gasteiger partial charge in [-0.05, 0) is 24.3 Å². The molecule has 2 aromatic carbocycles. The third-order valence-electron chi connectivity index (χ3n) is 3.15. The van der Waals surface area contributed by atoms with E-state index < -0.39 is 22.3 Å². The van der Waals surface area contributed by atoms with Crippen molar-refractivity contribution in [1.82, 2.24) is 5.43 Å². The fourth-order valence-electron chi connectivity index (χ4n) is 1.95. The third kappa shape index (κ3) is 4.93. The van der Waals surface area contributed by atoms with E-state index >= 15 is 0 Å². The molecule has 9 heteroatoms. The van der Waals surface area contributed by atoms with Crippen molar-refractivity contribution in [3.8, 4) is 11.5 Å². The molecule has 0 spiro atoms. The summed E-state index contributed by atoms with van der Waals surface area (Å²) in [6.45, 7) is -0.0343. The fraction of sp³-hybridized carbons (Fsp3) is 0.125. The Labute approximate surface area is 143 Å². The summed E-state index contributed by atoms with van der Waals surface area (Å²) in [4.78, 5) is 21.8. The lowest BCUT2D eigenvalue weighted by Gasteiger charge is -2.09. The number of nitro benzene ring substituents is 1. The molecule has 0 saturated heterocycles. The number of amides is 1. The van der Waals surface area contributed by atoms with Gasteiger partial charge in [0.05, 0.1) is 30.5 Å². The number of methoxy groups -OCH3 is 1. The van der Waals surface area contributed by atoms with Crippen LogP contribution in [0.2, 0.25) is 0 Å². The first kappa shape index (κ1) is 17.7. The first-order valence-electron chi connectivity index (χ1n) is 7.17. The molecule has 0 aliphatic carbocycles. The zero-order valence-electron chi connectivity index (χ0n) is 13.3. The molecule has 0 aromatic heterocycles. The van der Waals surface area contributed by atoms with Gasteiger partial charge in [-0.3, -0.25) is 14.9 Å². The fourth-order valence-corrected chi connectivity index (χ4v) is 1.95. The SMILES string of the molecule is COc1ccccc1NCC(=O)N/N=C/c1ccc(O)c([N+](=O)[O-])c1. The van der Waals surface area contributed by atoms with E-state index in [-0.39, 0.29) is 6.54 Å². The second kappa shape index (κ2) is 8.29. The Morgan fingerprint density at radius 2 is 2.12 bits per heavy atom. The average Bonchev–Trinajstić information content (AvgIpc) is 2.61. The number of nitrogens with one attached hydrogen (secondary N) is 2. The molecule has 0 aliphatic rings. The number of phenolic OH excluding ortho intramolecular Hbond substituents is 1. The Hall–Kier alpha value is -3.62. The van der Waals surface area contributed by atoms with Gasteiger partial charge < -0.3 is 15.2 Å². The van der Waals surface area contributed by atoms with Crippen molar-refractivity contribution in [3.05, 3.63) is 58.1 Å². The molecule has 0 heterocycles. The van der Waals surface area contributed by atoms with Crippen LogP contribution in [0.3, 0.4) is 0 Å². The first-order chi connectivity index (χ1) is 12.0. The van der Waals surface area contributed by atoms with Gasteiger partial charge in [-0.25, -0.2) is 5.43 Å². The second-order valence-corrected chi connectivity index (χ2v) is 4.85.